The van der Waals surface area contributed by atoms with Crippen molar-refractivity contribution >= 4 is 45.9 Å². The van der Waals surface area contributed by atoms with Gasteiger partial charge in [-0.1, -0.05) is 36.1 Å². The second-order valence-corrected chi connectivity index (χ2v) is 6.21. The first-order valence-electron chi connectivity index (χ1n) is 6.23. The Morgan fingerprint density at radius 2 is 2.33 bits per heavy atom. The van der Waals surface area contributed by atoms with Crippen molar-refractivity contribution in [3.8, 4) is 0 Å². The average Bonchev–Trinajstić information content (AvgIpc) is 2.73. The average molecular weight is 322 g/mol. The van der Waals surface area contributed by atoms with Crippen molar-refractivity contribution in [1.82, 2.24) is 4.90 Å². The van der Waals surface area contributed by atoms with Crippen LogP contribution in [-0.4, -0.2) is 44.5 Å². The van der Waals surface area contributed by atoms with E-state index in [0.717, 1.165) is 0 Å². The molecule has 1 fully saturated rings. The van der Waals surface area contributed by atoms with Crippen LogP contribution in [-0.2, 0) is 4.79 Å². The predicted octanol–water partition coefficient (Wildman–Crippen LogP) is 2.21. The maximum Gasteiger partial charge on any atom is 0.335 e. The number of carbonyl (C=O) groups is 2. The van der Waals surface area contributed by atoms with Crippen molar-refractivity contribution in [2.75, 3.05) is 18.4 Å². The number of nitrogens with zero attached hydrogens (tertiary/aromatic N) is 1. The second kappa shape index (κ2) is 6.73. The van der Waals surface area contributed by atoms with E-state index in [4.69, 9.17) is 17.3 Å². The number of carboxylic acids is 1. The van der Waals surface area contributed by atoms with Gasteiger partial charge in [0, 0.05) is 18.8 Å². The van der Waals surface area contributed by atoms with Gasteiger partial charge in [0.2, 0.25) is 5.91 Å². The van der Waals surface area contributed by atoms with Crippen LogP contribution in [0.25, 0.3) is 0 Å². The fraction of sp³-hybridized carbons (Fsp3) is 0.214. The summed E-state index contributed by atoms with van der Waals surface area (Å²) in [5.41, 5.74) is 0.866. The molecule has 1 heterocycles. The Labute approximate surface area is 132 Å². The summed E-state index contributed by atoms with van der Waals surface area (Å²) < 4.78 is 0.547. The minimum absolute atomic E-state index is 0.0493. The number of carbonyl (C=O) groups excluding carboxylic acids is 1. The highest BCUT2D eigenvalue weighted by Gasteiger charge is 2.35. The number of carboxylic acid groups (broad SMARTS) is 1. The molecular weight excluding hydrogens is 308 g/mol. The molecule has 110 valence electrons. The van der Waals surface area contributed by atoms with E-state index in [1.807, 2.05) is 0 Å². The molecule has 1 aliphatic heterocycles. The molecule has 1 unspecified atom stereocenters. The van der Waals surface area contributed by atoms with Crippen LogP contribution in [0.2, 0.25) is 0 Å². The summed E-state index contributed by atoms with van der Waals surface area (Å²) in [5, 5.41) is 11.7. The van der Waals surface area contributed by atoms with Crippen molar-refractivity contribution in [2.45, 2.75) is 5.25 Å². The highest BCUT2D eigenvalue weighted by atomic mass is 32.2. The minimum atomic E-state index is -0.983. The summed E-state index contributed by atoms with van der Waals surface area (Å²) in [6.07, 6.45) is 1.64. The van der Waals surface area contributed by atoms with Gasteiger partial charge in [-0.05, 0) is 18.2 Å². The van der Waals surface area contributed by atoms with Gasteiger partial charge < -0.3 is 10.4 Å². The van der Waals surface area contributed by atoms with Crippen LogP contribution in [0.15, 0.2) is 36.9 Å². The number of hydrogen-bond acceptors (Lipinski definition) is 5. The van der Waals surface area contributed by atoms with Crippen molar-refractivity contribution in [3.05, 3.63) is 42.5 Å². The lowest BCUT2D eigenvalue weighted by molar-refractivity contribution is -0.125. The number of thioether (sulfide) groups is 1. The van der Waals surface area contributed by atoms with Crippen molar-refractivity contribution in [1.29, 1.82) is 0 Å². The number of rotatable bonds is 6. The smallest absolute Gasteiger partial charge is 0.335 e. The lowest BCUT2D eigenvalue weighted by atomic mass is 10.2. The first-order valence-corrected chi connectivity index (χ1v) is 7.52. The predicted molar refractivity (Wildman–Crippen MR) is 87.8 cm³/mol. The van der Waals surface area contributed by atoms with Crippen LogP contribution in [0.3, 0.4) is 0 Å². The Morgan fingerprint density at radius 1 is 1.57 bits per heavy atom. The molecule has 0 spiro atoms. The van der Waals surface area contributed by atoms with E-state index in [0.29, 0.717) is 23.1 Å². The van der Waals surface area contributed by atoms with Gasteiger partial charge >= 0.3 is 5.97 Å². The number of amides is 1. The van der Waals surface area contributed by atoms with Gasteiger partial charge in [-0.25, -0.2) is 4.79 Å². The van der Waals surface area contributed by atoms with E-state index in [1.165, 1.54) is 28.8 Å². The fourth-order valence-electron chi connectivity index (χ4n) is 1.89. The van der Waals surface area contributed by atoms with Gasteiger partial charge in [0.25, 0.3) is 0 Å². The molecule has 1 aromatic rings. The van der Waals surface area contributed by atoms with E-state index in [9.17, 15) is 9.59 Å². The summed E-state index contributed by atoms with van der Waals surface area (Å²) in [7, 11) is 0. The Hall–Kier alpha value is -1.86. The zero-order valence-corrected chi connectivity index (χ0v) is 12.7. The number of aromatic carboxylic acids is 1. The van der Waals surface area contributed by atoms with Crippen LogP contribution >= 0.6 is 24.0 Å². The molecule has 0 saturated carbocycles. The van der Waals surface area contributed by atoms with Crippen molar-refractivity contribution < 1.29 is 14.7 Å². The molecule has 1 atom stereocenters. The summed E-state index contributed by atoms with van der Waals surface area (Å²) in [6.45, 7) is 4.41. The molecule has 5 nitrogen and oxygen atoms in total. The largest absolute Gasteiger partial charge is 0.478 e. The number of benzene rings is 1. The van der Waals surface area contributed by atoms with E-state index in [-0.39, 0.29) is 16.7 Å². The molecule has 1 aromatic carbocycles. The SMILES string of the molecule is C=CCN1C(=O)C(CNc2cccc(C(=O)O)c2)SC1=S. The number of thiocarbonyl (C=S) groups is 1. The van der Waals surface area contributed by atoms with Crippen LogP contribution in [0.4, 0.5) is 5.69 Å². The van der Waals surface area contributed by atoms with Gasteiger partial charge in [-0.2, -0.15) is 0 Å². The zero-order valence-electron chi connectivity index (χ0n) is 11.1. The molecule has 1 saturated heterocycles. The van der Waals surface area contributed by atoms with Crippen LogP contribution in [0.5, 0.6) is 0 Å². The topological polar surface area (TPSA) is 69.6 Å². The molecule has 0 bridgehead atoms. The standard InChI is InChI=1S/C14H14N2O3S2/c1-2-6-16-12(17)11(21-14(16)20)8-15-10-5-3-4-9(7-10)13(18)19/h2-5,7,11,15H,1,6,8H2,(H,18,19). The van der Waals surface area contributed by atoms with Gasteiger partial charge in [-0.15, -0.1) is 6.58 Å². The first-order chi connectivity index (χ1) is 10.0. The van der Waals surface area contributed by atoms with Crippen molar-refractivity contribution in [2.24, 2.45) is 0 Å². The lowest BCUT2D eigenvalue weighted by Gasteiger charge is -2.13. The molecule has 1 aliphatic rings. The summed E-state index contributed by atoms with van der Waals surface area (Å²) >= 11 is 6.49. The summed E-state index contributed by atoms with van der Waals surface area (Å²) in [5.74, 6) is -1.03. The Morgan fingerprint density at radius 3 is 3.00 bits per heavy atom. The molecule has 0 aromatic heterocycles. The number of anilines is 1. The Kier molecular flexibility index (Phi) is 4.98. The summed E-state index contributed by atoms with van der Waals surface area (Å²) in [6, 6.07) is 6.47. The molecule has 1 amide bonds. The molecule has 7 heteroatoms. The fourth-order valence-corrected chi connectivity index (χ4v) is 3.34. The Balaban J connectivity index is 1.99. The molecule has 2 rings (SSSR count). The number of hydrogen-bond donors (Lipinski definition) is 2. The van der Waals surface area contributed by atoms with Gasteiger partial charge in [0.1, 0.15) is 9.57 Å². The van der Waals surface area contributed by atoms with Gasteiger partial charge in [-0.3, -0.25) is 9.69 Å². The monoisotopic (exact) mass is 322 g/mol. The van der Waals surface area contributed by atoms with Crippen LogP contribution in [0, 0.1) is 0 Å². The molecular formula is C14H14N2O3S2. The molecule has 0 radical (unpaired) electrons. The quantitative estimate of drug-likeness (QED) is 0.618. The third-order valence-electron chi connectivity index (χ3n) is 2.92. The normalized spacial score (nSPS) is 17.9. The molecule has 0 aliphatic carbocycles. The maximum absolute atomic E-state index is 12.1. The highest BCUT2D eigenvalue weighted by Crippen LogP contribution is 2.27. The maximum atomic E-state index is 12.1. The number of nitrogens with one attached hydrogen (secondary N) is 1. The first kappa shape index (κ1) is 15.5. The zero-order chi connectivity index (χ0) is 15.4. The second-order valence-electron chi connectivity index (χ2n) is 4.38. The Bertz CT molecular complexity index is 604. The van der Waals surface area contributed by atoms with Gasteiger partial charge in [0.15, 0.2) is 0 Å². The van der Waals surface area contributed by atoms with Crippen molar-refractivity contribution in [3.63, 3.8) is 0 Å². The summed E-state index contributed by atoms with van der Waals surface area (Å²) in [4.78, 5) is 24.6. The third kappa shape index (κ3) is 3.62. The van der Waals surface area contributed by atoms with E-state index >= 15 is 0 Å². The molecule has 21 heavy (non-hydrogen) atoms. The molecule has 2 N–H and O–H groups in total. The van der Waals surface area contributed by atoms with E-state index < -0.39 is 5.97 Å². The lowest BCUT2D eigenvalue weighted by Crippen LogP contribution is -2.34. The minimum Gasteiger partial charge on any atom is -0.478 e. The van der Waals surface area contributed by atoms with E-state index in [2.05, 4.69) is 11.9 Å². The van der Waals surface area contributed by atoms with Crippen LogP contribution < -0.4 is 5.32 Å². The highest BCUT2D eigenvalue weighted by molar-refractivity contribution is 8.24. The van der Waals surface area contributed by atoms with Gasteiger partial charge in [0.05, 0.1) is 5.56 Å². The third-order valence-corrected chi connectivity index (χ3v) is 4.50. The van der Waals surface area contributed by atoms with Crippen LogP contribution in [0.1, 0.15) is 10.4 Å². The van der Waals surface area contributed by atoms with E-state index in [1.54, 1.807) is 18.2 Å².